The maximum Gasteiger partial charge on any atom is 0.363 e. The number of aromatic nitrogens is 1. The number of aryl methyl sites for hydroxylation is 1. The van der Waals surface area contributed by atoms with Gasteiger partial charge in [0, 0.05) is 25.0 Å². The molecule has 0 spiro atoms. The summed E-state index contributed by atoms with van der Waals surface area (Å²) in [5, 5.41) is 2.31. The van der Waals surface area contributed by atoms with Crippen molar-refractivity contribution in [2.24, 2.45) is 0 Å². The first-order valence-corrected chi connectivity index (χ1v) is 9.42. The van der Waals surface area contributed by atoms with Crippen molar-refractivity contribution < 1.29 is 19.1 Å². The first-order valence-electron chi connectivity index (χ1n) is 8.54. The predicted octanol–water partition coefficient (Wildman–Crippen LogP) is 4.05. The quantitative estimate of drug-likeness (QED) is 0.481. The second kappa shape index (κ2) is 8.22. The molecule has 1 heterocycles. The molecular weight excluding hydrogens is 376 g/mol. The van der Waals surface area contributed by atoms with Gasteiger partial charge in [-0.2, -0.15) is 0 Å². The van der Waals surface area contributed by atoms with Gasteiger partial charge < -0.3 is 14.4 Å². The molecule has 0 aliphatic carbocycles. The summed E-state index contributed by atoms with van der Waals surface area (Å²) < 4.78 is 10.9. The van der Waals surface area contributed by atoms with Crippen LogP contribution in [0.1, 0.15) is 26.4 Å². The monoisotopic (exact) mass is 396 g/mol. The molecule has 0 saturated carbocycles. The first-order chi connectivity index (χ1) is 13.4. The number of benzene rings is 2. The lowest BCUT2D eigenvalue weighted by Gasteiger charge is -2.12. The van der Waals surface area contributed by atoms with E-state index in [9.17, 15) is 9.59 Å². The Bertz CT molecular complexity index is 1030. The Kier molecular flexibility index (Phi) is 5.75. The second-order valence-corrected chi connectivity index (χ2v) is 7.17. The van der Waals surface area contributed by atoms with Gasteiger partial charge in [-0.3, -0.25) is 4.79 Å². The lowest BCUT2D eigenvalue weighted by atomic mass is 10.1. The van der Waals surface area contributed by atoms with Crippen LogP contribution in [0.15, 0.2) is 47.8 Å². The summed E-state index contributed by atoms with van der Waals surface area (Å²) in [5.74, 6) is 0.284. The van der Waals surface area contributed by atoms with Gasteiger partial charge in [-0.25, -0.2) is 9.78 Å². The number of thiazole rings is 1. The highest BCUT2D eigenvalue weighted by Crippen LogP contribution is 2.32. The Morgan fingerprint density at radius 2 is 1.82 bits per heavy atom. The summed E-state index contributed by atoms with van der Waals surface area (Å²) in [6.45, 7) is 1.81. The molecule has 3 aromatic rings. The highest BCUT2D eigenvalue weighted by Gasteiger charge is 2.18. The molecule has 6 nitrogen and oxygen atoms in total. The Labute approximate surface area is 167 Å². The van der Waals surface area contributed by atoms with E-state index in [2.05, 4.69) is 4.98 Å². The molecule has 144 valence electrons. The van der Waals surface area contributed by atoms with Crippen molar-refractivity contribution in [3.63, 3.8) is 0 Å². The van der Waals surface area contributed by atoms with Gasteiger partial charge in [0.25, 0.3) is 5.91 Å². The van der Waals surface area contributed by atoms with Crippen LogP contribution >= 0.6 is 11.3 Å². The second-order valence-electron chi connectivity index (χ2n) is 6.31. The number of carbonyl (C=O) groups excluding carboxylic acids is 2. The zero-order valence-corrected chi connectivity index (χ0v) is 16.9. The number of rotatable bonds is 5. The van der Waals surface area contributed by atoms with Crippen molar-refractivity contribution in [2.75, 3.05) is 21.2 Å². The van der Waals surface area contributed by atoms with Gasteiger partial charge in [-0.1, -0.05) is 18.2 Å². The molecule has 0 fully saturated rings. The minimum absolute atomic E-state index is 0.163. The van der Waals surface area contributed by atoms with E-state index >= 15 is 0 Å². The van der Waals surface area contributed by atoms with Crippen LogP contribution in [0.5, 0.6) is 11.5 Å². The molecule has 0 N–H and O–H groups in total. The van der Waals surface area contributed by atoms with E-state index in [-0.39, 0.29) is 11.6 Å². The molecule has 1 amide bonds. The zero-order chi connectivity index (χ0) is 20.3. The smallest absolute Gasteiger partial charge is 0.363 e. The standard InChI is InChI=1S/C21H20N2O4S/c1-13-9-10-14(20(24)23(2)3)11-18(13)27-21(25)16-12-28-19(22-16)15-7-5-6-8-17(15)26-4/h5-12H,1-4H3. The molecule has 2 aromatic carbocycles. The van der Waals surface area contributed by atoms with Crippen molar-refractivity contribution in [1.82, 2.24) is 9.88 Å². The van der Waals surface area contributed by atoms with Gasteiger partial charge in [-0.15, -0.1) is 11.3 Å². The molecule has 0 bridgehead atoms. The van der Waals surface area contributed by atoms with Gasteiger partial charge in [0.1, 0.15) is 16.5 Å². The molecule has 0 aliphatic heterocycles. The number of esters is 1. The Morgan fingerprint density at radius 3 is 2.54 bits per heavy atom. The fraction of sp³-hybridized carbons (Fsp3) is 0.190. The SMILES string of the molecule is COc1ccccc1-c1nc(C(=O)Oc2cc(C(=O)N(C)C)ccc2C)cs1. The van der Waals surface area contributed by atoms with Crippen LogP contribution in [0.4, 0.5) is 0 Å². The third-order valence-electron chi connectivity index (χ3n) is 4.09. The van der Waals surface area contributed by atoms with Crippen molar-refractivity contribution in [3.8, 4) is 22.1 Å². The van der Waals surface area contributed by atoms with Gasteiger partial charge >= 0.3 is 5.97 Å². The van der Waals surface area contributed by atoms with Crippen LogP contribution in [0.2, 0.25) is 0 Å². The van der Waals surface area contributed by atoms with Crippen molar-refractivity contribution in [3.05, 3.63) is 64.7 Å². The molecule has 7 heteroatoms. The molecule has 0 saturated heterocycles. The van der Waals surface area contributed by atoms with Crippen molar-refractivity contribution in [2.45, 2.75) is 6.92 Å². The van der Waals surface area contributed by atoms with Crippen molar-refractivity contribution in [1.29, 1.82) is 0 Å². The Hall–Kier alpha value is -3.19. The van der Waals surface area contributed by atoms with E-state index in [4.69, 9.17) is 9.47 Å². The number of nitrogens with zero attached hydrogens (tertiary/aromatic N) is 2. The average Bonchev–Trinajstić information content (AvgIpc) is 3.19. The minimum Gasteiger partial charge on any atom is -0.496 e. The van der Waals surface area contributed by atoms with Crippen LogP contribution < -0.4 is 9.47 Å². The minimum atomic E-state index is -0.574. The molecule has 0 unspecified atom stereocenters. The Balaban J connectivity index is 1.84. The summed E-state index contributed by atoms with van der Waals surface area (Å²) in [6, 6.07) is 12.5. The van der Waals surface area contributed by atoms with Crippen LogP contribution in [0.25, 0.3) is 10.6 Å². The van der Waals surface area contributed by atoms with Crippen LogP contribution in [0, 0.1) is 6.92 Å². The lowest BCUT2D eigenvalue weighted by molar-refractivity contribution is 0.0725. The van der Waals surface area contributed by atoms with Gasteiger partial charge in [0.15, 0.2) is 5.69 Å². The van der Waals surface area contributed by atoms with Crippen LogP contribution in [-0.4, -0.2) is 43.0 Å². The maximum absolute atomic E-state index is 12.6. The van der Waals surface area contributed by atoms with Crippen LogP contribution in [0.3, 0.4) is 0 Å². The predicted molar refractivity (Wildman–Crippen MR) is 108 cm³/mol. The number of para-hydroxylation sites is 1. The van der Waals surface area contributed by atoms with Crippen molar-refractivity contribution >= 4 is 23.2 Å². The van der Waals surface area contributed by atoms with Crippen LogP contribution in [-0.2, 0) is 0 Å². The van der Waals surface area contributed by atoms with E-state index < -0.39 is 5.97 Å². The summed E-state index contributed by atoms with van der Waals surface area (Å²) >= 11 is 1.33. The molecule has 28 heavy (non-hydrogen) atoms. The number of carbonyl (C=O) groups is 2. The fourth-order valence-corrected chi connectivity index (χ4v) is 3.38. The highest BCUT2D eigenvalue weighted by atomic mass is 32.1. The number of ether oxygens (including phenoxy) is 2. The van der Waals surface area contributed by atoms with E-state index in [0.717, 1.165) is 11.1 Å². The van der Waals surface area contributed by atoms with E-state index in [1.807, 2.05) is 31.2 Å². The van der Waals surface area contributed by atoms with Gasteiger partial charge in [0.05, 0.1) is 12.7 Å². The maximum atomic E-state index is 12.6. The van der Waals surface area contributed by atoms with E-state index in [1.165, 1.54) is 16.2 Å². The largest absolute Gasteiger partial charge is 0.496 e. The summed E-state index contributed by atoms with van der Waals surface area (Å²) in [5.41, 5.74) is 2.22. The number of hydrogen-bond acceptors (Lipinski definition) is 6. The summed E-state index contributed by atoms with van der Waals surface area (Å²) in [7, 11) is 4.93. The normalized spacial score (nSPS) is 10.4. The molecular formula is C21H20N2O4S. The molecule has 0 atom stereocenters. The average molecular weight is 396 g/mol. The summed E-state index contributed by atoms with van der Waals surface area (Å²) in [4.78, 5) is 30.6. The molecule has 0 radical (unpaired) electrons. The molecule has 0 aliphatic rings. The summed E-state index contributed by atoms with van der Waals surface area (Å²) in [6.07, 6.45) is 0. The van der Waals surface area contributed by atoms with E-state index in [0.29, 0.717) is 22.1 Å². The molecule has 1 aromatic heterocycles. The van der Waals surface area contributed by atoms with E-state index in [1.54, 1.807) is 44.8 Å². The van der Waals surface area contributed by atoms with Gasteiger partial charge in [0.2, 0.25) is 0 Å². The zero-order valence-electron chi connectivity index (χ0n) is 16.1. The fourth-order valence-electron chi connectivity index (χ4n) is 2.57. The number of hydrogen-bond donors (Lipinski definition) is 0. The highest BCUT2D eigenvalue weighted by molar-refractivity contribution is 7.13. The lowest BCUT2D eigenvalue weighted by Crippen LogP contribution is -2.21. The topological polar surface area (TPSA) is 68.7 Å². The Morgan fingerprint density at radius 1 is 1.07 bits per heavy atom. The third-order valence-corrected chi connectivity index (χ3v) is 4.97. The third kappa shape index (κ3) is 4.04. The number of methoxy groups -OCH3 is 1. The molecule has 3 rings (SSSR count). The van der Waals surface area contributed by atoms with Gasteiger partial charge in [-0.05, 0) is 36.8 Å². The first kappa shape index (κ1) is 19.6. The number of amides is 1.